The quantitative estimate of drug-likeness (QED) is 0.631. The van der Waals surface area contributed by atoms with E-state index in [0.29, 0.717) is 5.69 Å². The highest BCUT2D eigenvalue weighted by atomic mass is 16.2. The highest BCUT2D eigenvalue weighted by Gasteiger charge is 2.29. The topological polar surface area (TPSA) is 41.4 Å². The van der Waals surface area contributed by atoms with Crippen LogP contribution in [0.2, 0.25) is 0 Å². The van der Waals surface area contributed by atoms with E-state index >= 15 is 0 Å². The molecule has 0 aliphatic carbocycles. The first-order valence-corrected chi connectivity index (χ1v) is 11.5. The highest BCUT2D eigenvalue weighted by Crippen LogP contribution is 2.28. The third-order valence-electron chi connectivity index (χ3n) is 6.54. The number of amides is 1. The number of rotatable bonds is 3. The molecule has 0 radical (unpaired) electrons. The molecule has 2 aliphatic rings. The zero-order valence-electron chi connectivity index (χ0n) is 18.3. The van der Waals surface area contributed by atoms with E-state index in [1.165, 1.54) is 17.7 Å². The number of piperazine rings is 1. The molecule has 1 saturated heterocycles. The summed E-state index contributed by atoms with van der Waals surface area (Å²) in [6.07, 6.45) is 4.41. The number of imidazole rings is 1. The molecule has 31 heavy (non-hydrogen) atoms. The van der Waals surface area contributed by atoms with Gasteiger partial charge in [-0.1, -0.05) is 48.9 Å². The van der Waals surface area contributed by atoms with Crippen molar-refractivity contribution in [1.82, 2.24) is 14.5 Å². The Morgan fingerprint density at radius 3 is 2.45 bits per heavy atom. The molecule has 2 aliphatic heterocycles. The number of anilines is 1. The molecule has 3 heterocycles. The van der Waals surface area contributed by atoms with Gasteiger partial charge in [-0.15, -0.1) is 0 Å². The van der Waals surface area contributed by atoms with E-state index in [9.17, 15) is 4.79 Å². The van der Waals surface area contributed by atoms with Crippen LogP contribution in [0.5, 0.6) is 0 Å². The number of hydrogen-bond acceptors (Lipinski definition) is 3. The second kappa shape index (κ2) is 8.58. The van der Waals surface area contributed by atoms with Crippen molar-refractivity contribution in [2.24, 2.45) is 0 Å². The summed E-state index contributed by atoms with van der Waals surface area (Å²) < 4.78 is 2.30. The van der Waals surface area contributed by atoms with Crippen molar-refractivity contribution in [3.05, 3.63) is 71.5 Å². The first-order valence-electron chi connectivity index (χ1n) is 11.5. The molecule has 0 saturated carbocycles. The van der Waals surface area contributed by atoms with E-state index in [-0.39, 0.29) is 5.91 Å². The van der Waals surface area contributed by atoms with E-state index in [2.05, 4.69) is 52.8 Å². The molecule has 0 unspecified atom stereocenters. The zero-order valence-corrected chi connectivity index (χ0v) is 18.3. The second-order valence-electron chi connectivity index (χ2n) is 8.68. The maximum Gasteiger partial charge on any atom is 0.274 e. The minimum absolute atomic E-state index is 0.0942. The molecule has 1 fully saturated rings. The van der Waals surface area contributed by atoms with Crippen molar-refractivity contribution in [2.75, 3.05) is 31.1 Å². The van der Waals surface area contributed by atoms with Gasteiger partial charge in [0, 0.05) is 44.0 Å². The molecular weight excluding hydrogens is 384 g/mol. The van der Waals surface area contributed by atoms with Crippen molar-refractivity contribution >= 4 is 11.6 Å². The average Bonchev–Trinajstić information content (AvgIpc) is 3.00. The van der Waals surface area contributed by atoms with E-state index in [4.69, 9.17) is 4.98 Å². The number of nitrogens with zero attached hydrogens (tertiary/aromatic N) is 4. The van der Waals surface area contributed by atoms with Crippen LogP contribution in [0, 0.1) is 6.92 Å². The van der Waals surface area contributed by atoms with Gasteiger partial charge in [0.05, 0.1) is 5.69 Å². The third-order valence-corrected chi connectivity index (χ3v) is 6.54. The number of carbonyl (C=O) groups excluding carboxylic acids is 1. The van der Waals surface area contributed by atoms with Gasteiger partial charge < -0.3 is 14.4 Å². The molecule has 1 aromatic heterocycles. The number of benzene rings is 2. The van der Waals surface area contributed by atoms with Crippen molar-refractivity contribution in [3.63, 3.8) is 0 Å². The number of aryl methyl sites for hydroxylation is 1. The molecule has 0 N–H and O–H groups in total. The molecule has 160 valence electrons. The standard InChI is InChI=1S/C26H30N4O/c1-20-9-8-12-22(19-20)28-15-17-29(18-16-28)26(31)24-23-13-6-3-7-14-30(23)25(27-24)21-10-4-2-5-11-21/h2,4-5,8-12,19H,3,6-7,13-18H2,1H3. The van der Waals surface area contributed by atoms with Crippen LogP contribution in [-0.2, 0) is 13.0 Å². The van der Waals surface area contributed by atoms with Crippen LogP contribution in [0.15, 0.2) is 54.6 Å². The van der Waals surface area contributed by atoms with Gasteiger partial charge in [-0.3, -0.25) is 4.79 Å². The summed E-state index contributed by atoms with van der Waals surface area (Å²) in [5.41, 5.74) is 5.40. The second-order valence-corrected chi connectivity index (χ2v) is 8.68. The molecular formula is C26H30N4O. The monoisotopic (exact) mass is 414 g/mol. The van der Waals surface area contributed by atoms with Crippen molar-refractivity contribution < 1.29 is 4.79 Å². The number of carbonyl (C=O) groups is 1. The summed E-state index contributed by atoms with van der Waals surface area (Å²) in [6, 6.07) is 18.9. The van der Waals surface area contributed by atoms with Gasteiger partial charge in [-0.05, 0) is 43.9 Å². The van der Waals surface area contributed by atoms with E-state index in [0.717, 1.165) is 69.1 Å². The molecule has 1 amide bonds. The van der Waals surface area contributed by atoms with Crippen LogP contribution in [0.25, 0.3) is 11.4 Å². The molecule has 5 heteroatoms. The van der Waals surface area contributed by atoms with Crippen molar-refractivity contribution in [3.8, 4) is 11.4 Å². The third kappa shape index (κ3) is 3.97. The Hall–Kier alpha value is -3.08. The highest BCUT2D eigenvalue weighted by molar-refractivity contribution is 5.94. The number of hydrogen-bond donors (Lipinski definition) is 0. The minimum atomic E-state index is 0.0942. The van der Waals surface area contributed by atoms with Crippen molar-refractivity contribution in [2.45, 2.75) is 39.2 Å². The maximum absolute atomic E-state index is 13.6. The largest absolute Gasteiger partial charge is 0.368 e. The predicted octanol–water partition coefficient (Wildman–Crippen LogP) is 4.55. The summed E-state index contributed by atoms with van der Waals surface area (Å²) in [5, 5.41) is 0. The number of fused-ring (bicyclic) bond motifs is 1. The van der Waals surface area contributed by atoms with Gasteiger partial charge in [0.1, 0.15) is 11.5 Å². The fourth-order valence-corrected chi connectivity index (χ4v) is 4.84. The van der Waals surface area contributed by atoms with E-state index in [1.54, 1.807) is 0 Å². The SMILES string of the molecule is Cc1cccc(N2CCN(C(=O)c3nc(-c4ccccc4)n4c3CCCCC4)CC2)c1. The lowest BCUT2D eigenvalue weighted by molar-refractivity contribution is 0.0740. The Bertz CT molecular complexity index is 1060. The normalized spacial score (nSPS) is 16.7. The Labute approximate surface area is 184 Å². The fourth-order valence-electron chi connectivity index (χ4n) is 4.84. The van der Waals surface area contributed by atoms with Gasteiger partial charge in [0.25, 0.3) is 5.91 Å². The summed E-state index contributed by atoms with van der Waals surface area (Å²) >= 11 is 0. The van der Waals surface area contributed by atoms with Gasteiger partial charge in [-0.2, -0.15) is 0 Å². The first kappa shape index (κ1) is 19.9. The Balaban J connectivity index is 1.39. The van der Waals surface area contributed by atoms with Crippen LogP contribution in [-0.4, -0.2) is 46.5 Å². The van der Waals surface area contributed by atoms with Crippen molar-refractivity contribution in [1.29, 1.82) is 0 Å². The first-order chi connectivity index (χ1) is 15.2. The van der Waals surface area contributed by atoms with Gasteiger partial charge in [0.2, 0.25) is 0 Å². The lowest BCUT2D eigenvalue weighted by Gasteiger charge is -2.36. The molecule has 0 atom stereocenters. The van der Waals surface area contributed by atoms with Crippen LogP contribution in [0.3, 0.4) is 0 Å². The molecule has 0 bridgehead atoms. The van der Waals surface area contributed by atoms with Gasteiger partial charge in [0.15, 0.2) is 0 Å². The van der Waals surface area contributed by atoms with Crippen LogP contribution in [0.1, 0.15) is 41.0 Å². The van der Waals surface area contributed by atoms with E-state index in [1.807, 2.05) is 23.1 Å². The molecule has 0 spiro atoms. The molecule has 3 aromatic rings. The Morgan fingerprint density at radius 1 is 0.871 bits per heavy atom. The minimum Gasteiger partial charge on any atom is -0.368 e. The Kier molecular flexibility index (Phi) is 5.49. The van der Waals surface area contributed by atoms with Crippen LogP contribution in [0.4, 0.5) is 5.69 Å². The lowest BCUT2D eigenvalue weighted by Crippen LogP contribution is -2.49. The van der Waals surface area contributed by atoms with Crippen LogP contribution < -0.4 is 4.90 Å². The number of aromatic nitrogens is 2. The molecule has 5 rings (SSSR count). The summed E-state index contributed by atoms with van der Waals surface area (Å²) in [7, 11) is 0. The summed E-state index contributed by atoms with van der Waals surface area (Å²) in [5.74, 6) is 1.04. The Morgan fingerprint density at radius 2 is 1.68 bits per heavy atom. The van der Waals surface area contributed by atoms with E-state index < -0.39 is 0 Å². The van der Waals surface area contributed by atoms with Crippen LogP contribution >= 0.6 is 0 Å². The average molecular weight is 415 g/mol. The predicted molar refractivity (Wildman–Crippen MR) is 125 cm³/mol. The lowest BCUT2D eigenvalue weighted by atomic mass is 10.1. The smallest absolute Gasteiger partial charge is 0.274 e. The molecule has 2 aromatic carbocycles. The summed E-state index contributed by atoms with van der Waals surface area (Å²) in [6.45, 7) is 6.26. The van der Waals surface area contributed by atoms with Gasteiger partial charge in [-0.25, -0.2) is 4.98 Å². The maximum atomic E-state index is 13.6. The zero-order chi connectivity index (χ0) is 21.2. The fraction of sp³-hybridized carbons (Fsp3) is 0.385. The summed E-state index contributed by atoms with van der Waals surface area (Å²) in [4.78, 5) is 22.9. The molecule has 5 nitrogen and oxygen atoms in total. The van der Waals surface area contributed by atoms with Gasteiger partial charge >= 0.3 is 0 Å².